The van der Waals surface area contributed by atoms with Gasteiger partial charge in [-0.3, -0.25) is 9.59 Å². The normalized spacial score (nSPS) is 21.1. The summed E-state index contributed by atoms with van der Waals surface area (Å²) in [6.45, 7) is 3.06. The van der Waals surface area contributed by atoms with E-state index < -0.39 is 27.9 Å². The van der Waals surface area contributed by atoms with E-state index in [2.05, 4.69) is 4.84 Å². The molecular formula is C12H14N2O5S. The highest BCUT2D eigenvalue weighted by Crippen LogP contribution is 2.28. The number of hydroxylamine groups is 1. The van der Waals surface area contributed by atoms with Crippen LogP contribution in [0.25, 0.3) is 0 Å². The number of sulfonamides is 1. The van der Waals surface area contributed by atoms with Crippen LogP contribution in [0.5, 0.6) is 0 Å². The number of nitrogens with one attached hydrogen (secondary N) is 1. The number of hydrogen-bond donors (Lipinski definition) is 1. The topological polar surface area (TPSA) is 92.5 Å². The van der Waals surface area contributed by atoms with Crippen LogP contribution in [0.1, 0.15) is 12.5 Å². The highest BCUT2D eigenvalue weighted by molar-refractivity contribution is 7.89. The molecule has 1 aromatic carbocycles. The summed E-state index contributed by atoms with van der Waals surface area (Å²) in [5, 5.41) is 0. The van der Waals surface area contributed by atoms with Gasteiger partial charge < -0.3 is 4.84 Å². The summed E-state index contributed by atoms with van der Waals surface area (Å²) in [6, 6.07) is 5.52. The number of nitrogens with zero attached hydrogens (tertiary/aromatic N) is 1. The molecule has 1 N–H and O–H groups in total. The summed E-state index contributed by atoms with van der Waals surface area (Å²) in [4.78, 5) is 26.6. The van der Waals surface area contributed by atoms with Crippen molar-refractivity contribution in [1.29, 1.82) is 0 Å². The van der Waals surface area contributed by atoms with Gasteiger partial charge in [0, 0.05) is 13.5 Å². The van der Waals surface area contributed by atoms with Gasteiger partial charge in [-0.15, -0.1) is 0 Å². The third kappa shape index (κ3) is 2.97. The molecule has 108 valence electrons. The van der Waals surface area contributed by atoms with Crippen LogP contribution in [0, 0.1) is 6.92 Å². The van der Waals surface area contributed by atoms with E-state index in [0.717, 1.165) is 16.8 Å². The summed E-state index contributed by atoms with van der Waals surface area (Å²) in [5.41, 5.74) is 2.86. The fraction of sp³-hybridized carbons (Fsp3) is 0.333. The van der Waals surface area contributed by atoms with Crippen LogP contribution in [-0.4, -0.2) is 37.2 Å². The highest BCUT2D eigenvalue weighted by atomic mass is 32.2. The maximum Gasteiger partial charge on any atom is 0.329 e. The first-order valence-corrected chi connectivity index (χ1v) is 7.32. The smallest absolute Gasteiger partial charge is 0.329 e. The number of carbonyl (C=O) groups is 2. The van der Waals surface area contributed by atoms with Gasteiger partial charge in [0.1, 0.15) is 6.04 Å². The Morgan fingerprint density at radius 3 is 2.45 bits per heavy atom. The molecule has 1 aromatic rings. The van der Waals surface area contributed by atoms with Gasteiger partial charge in [0.25, 0.3) is 5.91 Å². The molecule has 1 amide bonds. The molecule has 1 fully saturated rings. The van der Waals surface area contributed by atoms with Gasteiger partial charge in [0.05, 0.1) is 4.90 Å². The van der Waals surface area contributed by atoms with E-state index in [9.17, 15) is 18.0 Å². The number of benzene rings is 1. The highest BCUT2D eigenvalue weighted by Gasteiger charge is 2.49. The molecule has 7 nitrogen and oxygen atoms in total. The summed E-state index contributed by atoms with van der Waals surface area (Å²) in [5.74, 6) is -1.33. The molecule has 1 aliphatic heterocycles. The molecule has 1 saturated heterocycles. The molecule has 0 saturated carbocycles. The fourth-order valence-corrected chi connectivity index (χ4v) is 3.16. The van der Waals surface area contributed by atoms with Gasteiger partial charge in [-0.25, -0.2) is 8.42 Å². The second-order valence-electron chi connectivity index (χ2n) is 4.46. The zero-order valence-corrected chi connectivity index (χ0v) is 11.8. The molecule has 1 heterocycles. The summed E-state index contributed by atoms with van der Waals surface area (Å²) >= 11 is 0. The van der Waals surface area contributed by atoms with Crippen molar-refractivity contribution >= 4 is 21.9 Å². The van der Waals surface area contributed by atoms with Crippen LogP contribution in [0.4, 0.5) is 0 Å². The molecule has 0 aromatic heterocycles. The Morgan fingerprint density at radius 2 is 1.90 bits per heavy atom. The molecule has 0 radical (unpaired) electrons. The Balaban J connectivity index is 2.05. The molecule has 2 atom stereocenters. The number of hydrogen-bond acceptors (Lipinski definition) is 5. The summed E-state index contributed by atoms with van der Waals surface area (Å²) in [6.07, 6.45) is 0. The standard InChI is InChI=1S/C12H14N2O5S/c1-8-3-5-10(6-4-8)20(17,18)14-7-11(14)12(16)13-19-9(2)15/h3-6,11H,7H2,1-2H3,(H,13,16). The Morgan fingerprint density at radius 1 is 1.30 bits per heavy atom. The van der Waals surface area contributed by atoms with Crippen LogP contribution in [-0.2, 0) is 24.4 Å². The first kappa shape index (κ1) is 14.5. The zero-order chi connectivity index (χ0) is 14.9. The number of amides is 1. The molecular weight excluding hydrogens is 284 g/mol. The van der Waals surface area contributed by atoms with Crippen LogP contribution < -0.4 is 5.48 Å². The predicted molar refractivity (Wildman–Crippen MR) is 68.8 cm³/mol. The third-order valence-corrected chi connectivity index (χ3v) is 4.68. The van der Waals surface area contributed by atoms with E-state index in [4.69, 9.17) is 0 Å². The summed E-state index contributed by atoms with van der Waals surface area (Å²) < 4.78 is 25.4. The Labute approximate surface area is 116 Å². The van der Waals surface area contributed by atoms with Gasteiger partial charge in [-0.2, -0.15) is 9.79 Å². The minimum absolute atomic E-state index is 0.0727. The lowest BCUT2D eigenvalue weighted by Gasteiger charge is -2.07. The van der Waals surface area contributed by atoms with E-state index in [1.807, 2.05) is 12.4 Å². The van der Waals surface area contributed by atoms with E-state index >= 15 is 0 Å². The average molecular weight is 298 g/mol. The van der Waals surface area contributed by atoms with Crippen LogP contribution in [0.3, 0.4) is 0 Å². The van der Waals surface area contributed by atoms with Crippen molar-refractivity contribution in [2.45, 2.75) is 24.8 Å². The van der Waals surface area contributed by atoms with Gasteiger partial charge in [0.15, 0.2) is 0 Å². The van der Waals surface area contributed by atoms with Gasteiger partial charge in [0.2, 0.25) is 10.0 Å². The molecule has 0 aliphatic carbocycles. The Bertz CT molecular complexity index is 638. The van der Waals surface area contributed by atoms with Crippen molar-refractivity contribution < 1.29 is 22.8 Å². The second kappa shape index (κ2) is 5.22. The molecule has 8 heteroatoms. The second-order valence-corrected chi connectivity index (χ2v) is 6.35. The minimum Gasteiger partial charge on any atom is -0.341 e. The van der Waals surface area contributed by atoms with Crippen LogP contribution in [0.2, 0.25) is 0 Å². The van der Waals surface area contributed by atoms with E-state index in [1.165, 1.54) is 12.1 Å². The van der Waals surface area contributed by atoms with Crippen LogP contribution in [0.15, 0.2) is 29.2 Å². The van der Waals surface area contributed by atoms with Crippen molar-refractivity contribution in [3.63, 3.8) is 0 Å². The average Bonchev–Trinajstić information content (AvgIpc) is 3.17. The van der Waals surface area contributed by atoms with Gasteiger partial charge in [-0.05, 0) is 19.1 Å². The predicted octanol–water partition coefficient (Wildman–Crippen LogP) is -0.0378. The lowest BCUT2D eigenvalue weighted by Crippen LogP contribution is -2.32. The van der Waals surface area contributed by atoms with Crippen molar-refractivity contribution in [2.24, 2.45) is 0 Å². The van der Waals surface area contributed by atoms with Crippen molar-refractivity contribution in [2.75, 3.05) is 6.54 Å². The molecule has 0 spiro atoms. The van der Waals surface area contributed by atoms with E-state index in [1.54, 1.807) is 12.1 Å². The molecule has 1 aliphatic rings. The quantitative estimate of drug-likeness (QED) is 0.624. The lowest BCUT2D eigenvalue weighted by atomic mass is 10.2. The molecule has 20 heavy (non-hydrogen) atoms. The number of rotatable bonds is 3. The fourth-order valence-electron chi connectivity index (χ4n) is 1.64. The third-order valence-electron chi connectivity index (χ3n) is 2.79. The van der Waals surface area contributed by atoms with E-state index in [-0.39, 0.29) is 11.4 Å². The lowest BCUT2D eigenvalue weighted by molar-refractivity contribution is -0.156. The number of aryl methyl sites for hydroxylation is 1. The van der Waals surface area contributed by atoms with Gasteiger partial charge in [-0.1, -0.05) is 17.7 Å². The molecule has 0 bridgehead atoms. The number of carbonyl (C=O) groups excluding carboxylic acids is 2. The van der Waals surface area contributed by atoms with Crippen molar-refractivity contribution in [3.8, 4) is 0 Å². The SMILES string of the molecule is CC(=O)ONC(=O)C1CN1S(=O)(=O)c1ccc(C)cc1. The summed E-state index contributed by atoms with van der Waals surface area (Å²) in [7, 11) is -3.68. The largest absolute Gasteiger partial charge is 0.341 e. The maximum absolute atomic E-state index is 12.2. The minimum atomic E-state index is -3.68. The first-order valence-electron chi connectivity index (χ1n) is 5.88. The molecule has 2 rings (SSSR count). The zero-order valence-electron chi connectivity index (χ0n) is 11.0. The Kier molecular flexibility index (Phi) is 3.78. The van der Waals surface area contributed by atoms with E-state index in [0.29, 0.717) is 0 Å². The first-order chi connectivity index (χ1) is 9.32. The Hall–Kier alpha value is -1.93. The van der Waals surface area contributed by atoms with Crippen LogP contribution >= 0.6 is 0 Å². The van der Waals surface area contributed by atoms with Gasteiger partial charge >= 0.3 is 5.97 Å². The van der Waals surface area contributed by atoms with Crippen molar-refractivity contribution in [1.82, 2.24) is 9.79 Å². The monoisotopic (exact) mass is 298 g/mol. The maximum atomic E-state index is 12.2. The van der Waals surface area contributed by atoms with Crippen molar-refractivity contribution in [3.05, 3.63) is 29.8 Å². The molecule has 2 unspecified atom stereocenters.